The maximum atomic E-state index is 11.5. The first kappa shape index (κ1) is 12.5. The highest BCUT2D eigenvalue weighted by Gasteiger charge is 2.31. The number of para-hydroxylation sites is 2. The lowest BCUT2D eigenvalue weighted by Crippen LogP contribution is -2.28. The van der Waals surface area contributed by atoms with Crippen molar-refractivity contribution in [3.05, 3.63) is 24.3 Å². The first-order chi connectivity index (χ1) is 7.89. The Morgan fingerprint density at radius 1 is 1.35 bits per heavy atom. The zero-order valence-electron chi connectivity index (χ0n) is 8.75. The summed E-state index contributed by atoms with van der Waals surface area (Å²) >= 11 is 16.4. The maximum absolute atomic E-state index is 11.5. The van der Waals surface area contributed by atoms with E-state index in [1.807, 2.05) is 24.3 Å². The number of hydrogen-bond donors (Lipinski definition) is 1. The van der Waals surface area contributed by atoms with Crippen LogP contribution in [0.2, 0.25) is 0 Å². The van der Waals surface area contributed by atoms with Crippen molar-refractivity contribution in [3.63, 3.8) is 0 Å². The molecule has 17 heavy (non-hydrogen) atoms. The molecule has 1 aromatic carbocycles. The summed E-state index contributed by atoms with van der Waals surface area (Å²) in [7, 11) is 1.77. The molecular formula is C10H8Cl3N3O. The highest BCUT2D eigenvalue weighted by atomic mass is 35.6. The van der Waals surface area contributed by atoms with Gasteiger partial charge in [0.25, 0.3) is 9.70 Å². The van der Waals surface area contributed by atoms with Crippen LogP contribution in [0.5, 0.6) is 0 Å². The Bertz CT molecular complexity index is 574. The van der Waals surface area contributed by atoms with E-state index in [1.54, 1.807) is 11.6 Å². The molecule has 0 spiro atoms. The molecule has 1 aromatic heterocycles. The summed E-state index contributed by atoms with van der Waals surface area (Å²) in [5.74, 6) is -0.400. The van der Waals surface area contributed by atoms with Crippen LogP contribution in [0.15, 0.2) is 24.3 Å². The Morgan fingerprint density at radius 3 is 2.59 bits per heavy atom. The third-order valence-electron chi connectivity index (χ3n) is 2.27. The van der Waals surface area contributed by atoms with Gasteiger partial charge in [0.2, 0.25) is 5.95 Å². The van der Waals surface area contributed by atoms with Crippen LogP contribution in [-0.4, -0.2) is 19.3 Å². The second-order valence-electron chi connectivity index (χ2n) is 3.44. The fourth-order valence-corrected chi connectivity index (χ4v) is 1.57. The molecule has 0 bridgehead atoms. The summed E-state index contributed by atoms with van der Waals surface area (Å²) in [6, 6.07) is 7.45. The van der Waals surface area contributed by atoms with Gasteiger partial charge in [0.15, 0.2) is 0 Å². The number of carbonyl (C=O) groups is 1. The minimum atomic E-state index is -2.00. The summed E-state index contributed by atoms with van der Waals surface area (Å²) in [6.45, 7) is 0. The van der Waals surface area contributed by atoms with Gasteiger partial charge in [-0.05, 0) is 12.1 Å². The summed E-state index contributed by atoms with van der Waals surface area (Å²) in [5, 5.41) is 2.46. The van der Waals surface area contributed by atoms with Gasteiger partial charge in [0.1, 0.15) is 0 Å². The fraction of sp³-hybridized carbons (Fsp3) is 0.200. The molecular weight excluding hydrogens is 284 g/mol. The van der Waals surface area contributed by atoms with E-state index in [2.05, 4.69) is 10.3 Å². The highest BCUT2D eigenvalue weighted by Crippen LogP contribution is 2.28. The van der Waals surface area contributed by atoms with E-state index in [4.69, 9.17) is 34.8 Å². The molecule has 1 amide bonds. The van der Waals surface area contributed by atoms with Crippen LogP contribution in [0.25, 0.3) is 11.0 Å². The van der Waals surface area contributed by atoms with E-state index in [0.29, 0.717) is 5.95 Å². The fourth-order valence-electron chi connectivity index (χ4n) is 1.43. The molecule has 7 heteroatoms. The van der Waals surface area contributed by atoms with Crippen LogP contribution < -0.4 is 5.32 Å². The number of halogens is 3. The predicted molar refractivity (Wildman–Crippen MR) is 69.6 cm³/mol. The van der Waals surface area contributed by atoms with Gasteiger partial charge >= 0.3 is 0 Å². The van der Waals surface area contributed by atoms with Crippen molar-refractivity contribution in [2.24, 2.45) is 7.05 Å². The number of aromatic nitrogens is 2. The molecule has 0 aliphatic carbocycles. The van der Waals surface area contributed by atoms with Crippen molar-refractivity contribution in [3.8, 4) is 0 Å². The topological polar surface area (TPSA) is 46.9 Å². The third kappa shape index (κ3) is 2.49. The zero-order valence-corrected chi connectivity index (χ0v) is 11.0. The molecule has 2 rings (SSSR count). The summed E-state index contributed by atoms with van der Waals surface area (Å²) in [4.78, 5) is 15.7. The predicted octanol–water partition coefficient (Wildman–Crippen LogP) is 2.88. The van der Waals surface area contributed by atoms with Gasteiger partial charge in [-0.3, -0.25) is 10.1 Å². The number of nitrogens with one attached hydrogen (secondary N) is 1. The van der Waals surface area contributed by atoms with Crippen molar-refractivity contribution in [1.29, 1.82) is 0 Å². The van der Waals surface area contributed by atoms with Crippen molar-refractivity contribution in [2.75, 3.05) is 5.32 Å². The van der Waals surface area contributed by atoms with E-state index >= 15 is 0 Å². The van der Waals surface area contributed by atoms with Gasteiger partial charge in [0, 0.05) is 7.05 Å². The smallest absolute Gasteiger partial charge is 0.278 e. The van der Waals surface area contributed by atoms with Crippen LogP contribution in [0, 0.1) is 0 Å². The average Bonchev–Trinajstić information content (AvgIpc) is 2.55. The molecule has 0 aliphatic rings. The number of aryl methyl sites for hydroxylation is 1. The summed E-state index contributed by atoms with van der Waals surface area (Å²) in [5.41, 5.74) is 1.64. The Kier molecular flexibility index (Phi) is 3.21. The van der Waals surface area contributed by atoms with Crippen molar-refractivity contribution >= 4 is 57.7 Å². The molecule has 0 aliphatic heterocycles. The van der Waals surface area contributed by atoms with Gasteiger partial charge in [-0.25, -0.2) is 4.98 Å². The minimum Gasteiger partial charge on any atom is -0.313 e. The molecule has 1 N–H and O–H groups in total. The number of imidazole rings is 1. The van der Waals surface area contributed by atoms with E-state index in [0.717, 1.165) is 11.0 Å². The van der Waals surface area contributed by atoms with E-state index < -0.39 is 9.70 Å². The summed E-state index contributed by atoms with van der Waals surface area (Å²) < 4.78 is -0.290. The van der Waals surface area contributed by atoms with Crippen LogP contribution in [0.4, 0.5) is 5.95 Å². The molecule has 4 nitrogen and oxygen atoms in total. The lowest BCUT2D eigenvalue weighted by molar-refractivity contribution is -0.115. The van der Waals surface area contributed by atoms with Crippen LogP contribution in [0.3, 0.4) is 0 Å². The van der Waals surface area contributed by atoms with Gasteiger partial charge in [-0.1, -0.05) is 46.9 Å². The molecule has 0 atom stereocenters. The summed E-state index contributed by atoms with van der Waals surface area (Å²) in [6.07, 6.45) is 0. The molecule has 90 valence electrons. The van der Waals surface area contributed by atoms with Crippen molar-refractivity contribution in [1.82, 2.24) is 9.55 Å². The Morgan fingerprint density at radius 2 is 2.00 bits per heavy atom. The Labute approximate surface area is 112 Å². The number of alkyl halides is 3. The molecule has 0 radical (unpaired) electrons. The normalized spacial score (nSPS) is 11.8. The van der Waals surface area contributed by atoms with Crippen LogP contribution >= 0.6 is 34.8 Å². The van der Waals surface area contributed by atoms with Gasteiger partial charge in [0.05, 0.1) is 11.0 Å². The largest absolute Gasteiger partial charge is 0.313 e. The van der Waals surface area contributed by atoms with Gasteiger partial charge < -0.3 is 4.57 Å². The number of amides is 1. The van der Waals surface area contributed by atoms with Crippen molar-refractivity contribution in [2.45, 2.75) is 3.79 Å². The third-order valence-corrected chi connectivity index (χ3v) is 2.78. The zero-order chi connectivity index (χ0) is 12.6. The lowest BCUT2D eigenvalue weighted by Gasteiger charge is -2.10. The molecule has 0 saturated carbocycles. The lowest BCUT2D eigenvalue weighted by atomic mass is 10.3. The van der Waals surface area contributed by atoms with E-state index in [9.17, 15) is 4.79 Å². The van der Waals surface area contributed by atoms with Crippen LogP contribution in [-0.2, 0) is 11.8 Å². The standard InChI is InChI=1S/C10H8Cl3N3O/c1-16-7-5-3-2-4-6(7)14-9(16)15-8(17)10(11,12)13/h2-5H,1H3,(H,14,15,17). The first-order valence-electron chi connectivity index (χ1n) is 4.69. The molecule has 0 fully saturated rings. The number of rotatable bonds is 1. The van der Waals surface area contributed by atoms with Crippen molar-refractivity contribution < 1.29 is 4.79 Å². The Balaban J connectivity index is 2.37. The monoisotopic (exact) mass is 291 g/mol. The van der Waals surface area contributed by atoms with Crippen LogP contribution in [0.1, 0.15) is 0 Å². The van der Waals surface area contributed by atoms with E-state index in [1.165, 1.54) is 0 Å². The average molecular weight is 293 g/mol. The number of nitrogens with zero attached hydrogens (tertiary/aromatic N) is 2. The Hall–Kier alpha value is -0.970. The number of benzene rings is 1. The number of anilines is 1. The number of carbonyl (C=O) groups excluding carboxylic acids is 1. The molecule has 0 saturated heterocycles. The highest BCUT2D eigenvalue weighted by molar-refractivity contribution is 6.76. The SMILES string of the molecule is Cn1c(NC(=O)C(Cl)(Cl)Cl)nc2ccccc21. The quantitative estimate of drug-likeness (QED) is 0.822. The molecule has 0 unspecified atom stereocenters. The maximum Gasteiger partial charge on any atom is 0.278 e. The first-order valence-corrected chi connectivity index (χ1v) is 5.82. The molecule has 1 heterocycles. The van der Waals surface area contributed by atoms with Gasteiger partial charge in [-0.15, -0.1) is 0 Å². The number of hydrogen-bond acceptors (Lipinski definition) is 2. The molecule has 2 aromatic rings. The number of fused-ring (bicyclic) bond motifs is 1. The van der Waals surface area contributed by atoms with E-state index in [-0.39, 0.29) is 0 Å². The second kappa shape index (κ2) is 4.37. The van der Waals surface area contributed by atoms with Gasteiger partial charge in [-0.2, -0.15) is 0 Å². The minimum absolute atomic E-state index is 0.336. The second-order valence-corrected chi connectivity index (χ2v) is 5.72.